The van der Waals surface area contributed by atoms with Gasteiger partial charge in [0.1, 0.15) is 0 Å². The lowest BCUT2D eigenvalue weighted by Gasteiger charge is -2.29. The van der Waals surface area contributed by atoms with Crippen molar-refractivity contribution < 1.29 is 4.79 Å². The second-order valence-electron chi connectivity index (χ2n) is 4.14. The standard InChI is InChI=1S/C11H20ClNO/c1-2-9-4-3-5-10(8-9)13-11(14)6-7-12/h9-10H,2-8H2,1H3,(H,13,14). The summed E-state index contributed by atoms with van der Waals surface area (Å²) < 4.78 is 0. The van der Waals surface area contributed by atoms with Gasteiger partial charge < -0.3 is 5.32 Å². The molecule has 1 amide bonds. The molecule has 1 aliphatic rings. The molecule has 0 radical (unpaired) electrons. The van der Waals surface area contributed by atoms with Crippen LogP contribution in [-0.4, -0.2) is 17.8 Å². The first-order chi connectivity index (χ1) is 6.76. The van der Waals surface area contributed by atoms with Crippen LogP contribution in [0.15, 0.2) is 0 Å². The number of carbonyl (C=O) groups is 1. The Labute approximate surface area is 91.4 Å². The van der Waals surface area contributed by atoms with E-state index in [1.54, 1.807) is 0 Å². The van der Waals surface area contributed by atoms with Gasteiger partial charge in [0.25, 0.3) is 0 Å². The number of hydrogen-bond acceptors (Lipinski definition) is 1. The highest BCUT2D eigenvalue weighted by atomic mass is 35.5. The highest BCUT2D eigenvalue weighted by Crippen LogP contribution is 2.26. The second-order valence-corrected chi connectivity index (χ2v) is 4.52. The van der Waals surface area contributed by atoms with Crippen LogP contribution in [0.5, 0.6) is 0 Å². The van der Waals surface area contributed by atoms with E-state index >= 15 is 0 Å². The smallest absolute Gasteiger partial charge is 0.221 e. The highest BCUT2D eigenvalue weighted by Gasteiger charge is 2.21. The van der Waals surface area contributed by atoms with Crippen LogP contribution in [0.4, 0.5) is 0 Å². The molecule has 0 heterocycles. The van der Waals surface area contributed by atoms with Crippen LogP contribution in [0.3, 0.4) is 0 Å². The summed E-state index contributed by atoms with van der Waals surface area (Å²) in [7, 11) is 0. The van der Waals surface area contributed by atoms with Crippen molar-refractivity contribution in [3.63, 3.8) is 0 Å². The van der Waals surface area contributed by atoms with E-state index in [0.29, 0.717) is 18.3 Å². The van der Waals surface area contributed by atoms with Crippen LogP contribution in [0.25, 0.3) is 0 Å². The van der Waals surface area contributed by atoms with Crippen molar-refractivity contribution in [3.05, 3.63) is 0 Å². The van der Waals surface area contributed by atoms with Gasteiger partial charge in [-0.15, -0.1) is 11.6 Å². The number of halogens is 1. The summed E-state index contributed by atoms with van der Waals surface area (Å²) in [6, 6.07) is 0.407. The minimum absolute atomic E-state index is 0.113. The Bertz CT molecular complexity index is 184. The topological polar surface area (TPSA) is 29.1 Å². The summed E-state index contributed by atoms with van der Waals surface area (Å²) >= 11 is 5.51. The fraction of sp³-hybridized carbons (Fsp3) is 0.909. The van der Waals surface area contributed by atoms with Gasteiger partial charge in [-0.25, -0.2) is 0 Å². The van der Waals surface area contributed by atoms with E-state index in [-0.39, 0.29) is 5.91 Å². The zero-order chi connectivity index (χ0) is 10.4. The molecule has 1 rings (SSSR count). The maximum absolute atomic E-state index is 11.3. The maximum atomic E-state index is 11.3. The van der Waals surface area contributed by atoms with Crippen molar-refractivity contribution in [3.8, 4) is 0 Å². The predicted molar refractivity (Wildman–Crippen MR) is 59.5 cm³/mol. The molecule has 0 spiro atoms. The fourth-order valence-electron chi connectivity index (χ4n) is 2.18. The zero-order valence-corrected chi connectivity index (χ0v) is 9.65. The van der Waals surface area contributed by atoms with Gasteiger partial charge in [-0.1, -0.05) is 26.2 Å². The summed E-state index contributed by atoms with van der Waals surface area (Å²) in [6.45, 7) is 2.23. The SMILES string of the molecule is CCC1CCCC(NC(=O)CCCl)C1. The first kappa shape index (κ1) is 11.8. The third-order valence-corrected chi connectivity index (χ3v) is 3.24. The van der Waals surface area contributed by atoms with Crippen LogP contribution < -0.4 is 5.32 Å². The summed E-state index contributed by atoms with van der Waals surface area (Å²) in [6.07, 6.45) is 6.58. The molecule has 0 aromatic carbocycles. The third-order valence-electron chi connectivity index (χ3n) is 3.05. The summed E-state index contributed by atoms with van der Waals surface area (Å²) in [4.78, 5) is 11.3. The van der Waals surface area contributed by atoms with Crippen molar-refractivity contribution >= 4 is 17.5 Å². The predicted octanol–water partition coefficient (Wildman–Crippen LogP) is 2.70. The minimum atomic E-state index is 0.113. The first-order valence-electron chi connectivity index (χ1n) is 5.61. The minimum Gasteiger partial charge on any atom is -0.353 e. The van der Waals surface area contributed by atoms with E-state index in [9.17, 15) is 4.79 Å². The van der Waals surface area contributed by atoms with E-state index in [1.165, 1.54) is 19.3 Å². The monoisotopic (exact) mass is 217 g/mol. The van der Waals surface area contributed by atoms with Crippen molar-refractivity contribution in [2.75, 3.05) is 5.88 Å². The van der Waals surface area contributed by atoms with Crippen molar-refractivity contribution in [1.82, 2.24) is 5.32 Å². The third kappa shape index (κ3) is 3.87. The Morgan fingerprint density at radius 1 is 1.50 bits per heavy atom. The van der Waals surface area contributed by atoms with Gasteiger partial charge in [-0.3, -0.25) is 4.79 Å². The average Bonchev–Trinajstić information content (AvgIpc) is 2.18. The van der Waals surface area contributed by atoms with E-state index in [0.717, 1.165) is 18.8 Å². The number of rotatable bonds is 4. The molecule has 2 unspecified atom stereocenters. The molecule has 1 N–H and O–H groups in total. The van der Waals surface area contributed by atoms with Crippen molar-refractivity contribution in [2.24, 2.45) is 5.92 Å². The van der Waals surface area contributed by atoms with Crippen LogP contribution in [0.1, 0.15) is 45.4 Å². The lowest BCUT2D eigenvalue weighted by atomic mass is 9.84. The molecule has 1 fully saturated rings. The normalized spacial score (nSPS) is 27.3. The lowest BCUT2D eigenvalue weighted by molar-refractivity contribution is -0.121. The Balaban J connectivity index is 2.26. The molecule has 2 nitrogen and oxygen atoms in total. The molecule has 0 bridgehead atoms. The average molecular weight is 218 g/mol. The number of amides is 1. The van der Waals surface area contributed by atoms with Crippen molar-refractivity contribution in [1.29, 1.82) is 0 Å². The Morgan fingerprint density at radius 3 is 2.93 bits per heavy atom. The maximum Gasteiger partial charge on any atom is 0.221 e. The largest absolute Gasteiger partial charge is 0.353 e. The van der Waals surface area contributed by atoms with Crippen LogP contribution in [-0.2, 0) is 4.79 Å². The molecule has 1 saturated carbocycles. The molecule has 0 aromatic heterocycles. The molecular formula is C11H20ClNO. The van der Waals surface area contributed by atoms with Gasteiger partial charge >= 0.3 is 0 Å². The number of alkyl halides is 1. The molecule has 2 atom stereocenters. The zero-order valence-electron chi connectivity index (χ0n) is 8.89. The summed E-state index contributed by atoms with van der Waals surface area (Å²) in [5.41, 5.74) is 0. The van der Waals surface area contributed by atoms with Gasteiger partial charge in [0.05, 0.1) is 0 Å². The Hall–Kier alpha value is -0.240. The molecule has 0 aromatic rings. The van der Waals surface area contributed by atoms with E-state index < -0.39 is 0 Å². The van der Waals surface area contributed by atoms with Crippen LogP contribution in [0.2, 0.25) is 0 Å². The quantitative estimate of drug-likeness (QED) is 0.721. The molecule has 3 heteroatoms. The molecule has 0 saturated heterocycles. The molecular weight excluding hydrogens is 198 g/mol. The summed E-state index contributed by atoms with van der Waals surface area (Å²) in [5, 5.41) is 3.06. The molecule has 82 valence electrons. The lowest BCUT2D eigenvalue weighted by Crippen LogP contribution is -2.38. The molecule has 0 aliphatic heterocycles. The van der Waals surface area contributed by atoms with Crippen molar-refractivity contribution in [2.45, 2.75) is 51.5 Å². The van der Waals surface area contributed by atoms with Gasteiger partial charge in [-0.2, -0.15) is 0 Å². The Morgan fingerprint density at radius 2 is 2.29 bits per heavy atom. The van der Waals surface area contributed by atoms with Gasteiger partial charge in [-0.05, 0) is 18.8 Å². The van der Waals surface area contributed by atoms with Gasteiger partial charge in [0.15, 0.2) is 0 Å². The molecule has 1 aliphatic carbocycles. The first-order valence-corrected chi connectivity index (χ1v) is 6.15. The highest BCUT2D eigenvalue weighted by molar-refractivity contribution is 6.18. The Kier molecular flexibility index (Phi) is 5.31. The second kappa shape index (κ2) is 6.28. The van der Waals surface area contributed by atoms with Crippen LogP contribution in [0, 0.1) is 5.92 Å². The number of carbonyl (C=O) groups excluding carboxylic acids is 1. The fourth-order valence-corrected chi connectivity index (χ4v) is 2.35. The molecule has 14 heavy (non-hydrogen) atoms. The van der Waals surface area contributed by atoms with Crippen LogP contribution >= 0.6 is 11.6 Å². The number of hydrogen-bond donors (Lipinski definition) is 1. The number of nitrogens with one attached hydrogen (secondary N) is 1. The van der Waals surface area contributed by atoms with E-state index in [2.05, 4.69) is 12.2 Å². The van der Waals surface area contributed by atoms with Gasteiger partial charge in [0.2, 0.25) is 5.91 Å². The van der Waals surface area contributed by atoms with E-state index in [4.69, 9.17) is 11.6 Å². The van der Waals surface area contributed by atoms with Gasteiger partial charge in [0, 0.05) is 18.3 Å². The van der Waals surface area contributed by atoms with E-state index in [1.807, 2.05) is 0 Å². The summed E-state index contributed by atoms with van der Waals surface area (Å²) in [5.74, 6) is 1.35.